The first-order valence-electron chi connectivity index (χ1n) is 5.11. The molecule has 7 heteroatoms. The van der Waals surface area contributed by atoms with Crippen LogP contribution in [0.25, 0.3) is 0 Å². The van der Waals surface area contributed by atoms with Crippen LogP contribution >= 0.6 is 0 Å². The Balaban J connectivity index is 1.97. The third-order valence-electron chi connectivity index (χ3n) is 2.58. The monoisotopic (exact) mass is 242 g/mol. The SMILES string of the molecule is Nc1nccc(NC2CCS(=O)(=O)CC2)n1. The van der Waals surface area contributed by atoms with Crippen molar-refractivity contribution >= 4 is 21.6 Å². The summed E-state index contributed by atoms with van der Waals surface area (Å²) in [5.74, 6) is 1.35. The highest BCUT2D eigenvalue weighted by Crippen LogP contribution is 2.16. The molecule has 6 nitrogen and oxygen atoms in total. The topological polar surface area (TPSA) is 98.0 Å². The number of nitrogens with two attached hydrogens (primary N) is 1. The van der Waals surface area contributed by atoms with Gasteiger partial charge in [0.05, 0.1) is 11.5 Å². The second kappa shape index (κ2) is 4.25. The van der Waals surface area contributed by atoms with E-state index in [9.17, 15) is 8.42 Å². The molecule has 0 atom stereocenters. The van der Waals surface area contributed by atoms with E-state index in [1.54, 1.807) is 12.3 Å². The predicted molar refractivity (Wildman–Crippen MR) is 61.7 cm³/mol. The van der Waals surface area contributed by atoms with Crippen LogP contribution in [0, 0.1) is 0 Å². The lowest BCUT2D eigenvalue weighted by atomic mass is 10.1. The first-order valence-corrected chi connectivity index (χ1v) is 6.93. The summed E-state index contributed by atoms with van der Waals surface area (Å²) in [6.07, 6.45) is 2.81. The maximum atomic E-state index is 11.2. The molecule has 88 valence electrons. The Labute approximate surface area is 94.2 Å². The molecule has 1 aromatic heterocycles. The number of sulfone groups is 1. The molecule has 0 aromatic carbocycles. The van der Waals surface area contributed by atoms with Gasteiger partial charge in [-0.2, -0.15) is 4.98 Å². The van der Waals surface area contributed by atoms with Gasteiger partial charge in [-0.25, -0.2) is 13.4 Å². The number of hydrogen-bond acceptors (Lipinski definition) is 6. The molecule has 1 fully saturated rings. The minimum Gasteiger partial charge on any atom is -0.368 e. The maximum Gasteiger partial charge on any atom is 0.221 e. The molecule has 16 heavy (non-hydrogen) atoms. The minimum absolute atomic E-state index is 0.151. The van der Waals surface area contributed by atoms with Gasteiger partial charge in [-0.1, -0.05) is 0 Å². The lowest BCUT2D eigenvalue weighted by Gasteiger charge is -2.23. The van der Waals surface area contributed by atoms with E-state index < -0.39 is 9.84 Å². The zero-order valence-corrected chi connectivity index (χ0v) is 9.57. The lowest BCUT2D eigenvalue weighted by molar-refractivity contribution is 0.559. The Kier molecular flexibility index (Phi) is 2.95. The summed E-state index contributed by atoms with van der Waals surface area (Å²) in [5.41, 5.74) is 5.45. The van der Waals surface area contributed by atoms with Gasteiger partial charge in [0.2, 0.25) is 5.95 Å². The Morgan fingerprint density at radius 1 is 1.38 bits per heavy atom. The highest BCUT2D eigenvalue weighted by Gasteiger charge is 2.23. The van der Waals surface area contributed by atoms with Gasteiger partial charge >= 0.3 is 0 Å². The third-order valence-corrected chi connectivity index (χ3v) is 4.30. The van der Waals surface area contributed by atoms with Crippen LogP contribution in [0.4, 0.5) is 11.8 Å². The number of nitrogen functional groups attached to an aromatic ring is 1. The van der Waals surface area contributed by atoms with E-state index in [-0.39, 0.29) is 23.5 Å². The fraction of sp³-hybridized carbons (Fsp3) is 0.556. The smallest absolute Gasteiger partial charge is 0.221 e. The fourth-order valence-electron chi connectivity index (χ4n) is 1.70. The van der Waals surface area contributed by atoms with Crippen LogP contribution in [0.2, 0.25) is 0 Å². The molecule has 1 aliphatic heterocycles. The van der Waals surface area contributed by atoms with E-state index in [2.05, 4.69) is 15.3 Å². The van der Waals surface area contributed by atoms with E-state index >= 15 is 0 Å². The number of rotatable bonds is 2. The zero-order chi connectivity index (χ0) is 11.6. The standard InChI is InChI=1S/C9H14N4O2S/c10-9-11-4-1-8(13-9)12-7-2-5-16(14,15)6-3-7/h1,4,7H,2-3,5-6H2,(H3,10,11,12,13). The van der Waals surface area contributed by atoms with Crippen LogP contribution in [-0.4, -0.2) is 35.9 Å². The Hall–Kier alpha value is -1.37. The van der Waals surface area contributed by atoms with Gasteiger partial charge in [-0.3, -0.25) is 0 Å². The summed E-state index contributed by atoms with van der Waals surface area (Å²) in [5, 5.41) is 3.16. The van der Waals surface area contributed by atoms with Crippen molar-refractivity contribution in [3.8, 4) is 0 Å². The van der Waals surface area contributed by atoms with Gasteiger partial charge < -0.3 is 11.1 Å². The normalized spacial score (nSPS) is 20.5. The Morgan fingerprint density at radius 2 is 2.06 bits per heavy atom. The highest BCUT2D eigenvalue weighted by molar-refractivity contribution is 7.91. The molecule has 1 aromatic rings. The lowest BCUT2D eigenvalue weighted by Crippen LogP contribution is -2.32. The van der Waals surface area contributed by atoms with E-state index in [0.717, 1.165) is 0 Å². The summed E-state index contributed by atoms with van der Waals surface area (Å²) < 4.78 is 22.5. The quantitative estimate of drug-likeness (QED) is 0.760. The number of aromatic nitrogens is 2. The molecule has 2 heterocycles. The Morgan fingerprint density at radius 3 is 2.69 bits per heavy atom. The molecular weight excluding hydrogens is 228 g/mol. The van der Waals surface area contributed by atoms with Crippen molar-refractivity contribution < 1.29 is 8.42 Å². The zero-order valence-electron chi connectivity index (χ0n) is 8.76. The molecule has 0 bridgehead atoms. The van der Waals surface area contributed by atoms with E-state index in [1.807, 2.05) is 0 Å². The van der Waals surface area contributed by atoms with Gasteiger partial charge in [0, 0.05) is 12.2 Å². The average Bonchev–Trinajstić information content (AvgIpc) is 2.21. The molecule has 0 amide bonds. The van der Waals surface area contributed by atoms with Crippen molar-refractivity contribution in [2.75, 3.05) is 22.6 Å². The molecule has 3 N–H and O–H groups in total. The number of nitrogens with one attached hydrogen (secondary N) is 1. The summed E-state index contributed by atoms with van der Waals surface area (Å²) in [6, 6.07) is 1.87. The second-order valence-corrected chi connectivity index (χ2v) is 6.17. The van der Waals surface area contributed by atoms with Gasteiger partial charge in [0.15, 0.2) is 0 Å². The first kappa shape index (κ1) is 11.1. The maximum absolute atomic E-state index is 11.2. The molecule has 0 aliphatic carbocycles. The van der Waals surface area contributed by atoms with Gasteiger partial charge in [-0.05, 0) is 18.9 Å². The minimum atomic E-state index is -2.81. The summed E-state index contributed by atoms with van der Waals surface area (Å²) in [6.45, 7) is 0. The number of anilines is 2. The molecule has 0 radical (unpaired) electrons. The molecule has 2 rings (SSSR count). The van der Waals surface area contributed by atoms with E-state index in [4.69, 9.17) is 5.73 Å². The summed E-state index contributed by atoms with van der Waals surface area (Å²) >= 11 is 0. The van der Waals surface area contributed by atoms with Crippen molar-refractivity contribution in [2.24, 2.45) is 0 Å². The summed E-state index contributed by atoms with van der Waals surface area (Å²) in [7, 11) is -2.81. The van der Waals surface area contributed by atoms with Crippen molar-refractivity contribution in [3.63, 3.8) is 0 Å². The van der Waals surface area contributed by atoms with Crippen molar-refractivity contribution in [3.05, 3.63) is 12.3 Å². The highest BCUT2D eigenvalue weighted by atomic mass is 32.2. The van der Waals surface area contributed by atoms with Crippen LogP contribution < -0.4 is 11.1 Å². The Bertz CT molecular complexity index is 460. The van der Waals surface area contributed by atoms with E-state index in [0.29, 0.717) is 18.7 Å². The van der Waals surface area contributed by atoms with Crippen molar-refractivity contribution in [1.82, 2.24) is 9.97 Å². The molecule has 1 saturated heterocycles. The molecule has 0 saturated carbocycles. The van der Waals surface area contributed by atoms with Crippen LogP contribution in [0.3, 0.4) is 0 Å². The van der Waals surface area contributed by atoms with Gasteiger partial charge in [-0.15, -0.1) is 0 Å². The van der Waals surface area contributed by atoms with Crippen LogP contribution in [-0.2, 0) is 9.84 Å². The molecule has 0 unspecified atom stereocenters. The number of hydrogen-bond donors (Lipinski definition) is 2. The van der Waals surface area contributed by atoms with Crippen molar-refractivity contribution in [1.29, 1.82) is 0 Å². The molecule has 0 spiro atoms. The number of nitrogens with zero attached hydrogens (tertiary/aromatic N) is 2. The second-order valence-electron chi connectivity index (χ2n) is 3.87. The van der Waals surface area contributed by atoms with Gasteiger partial charge in [0.25, 0.3) is 0 Å². The molecule has 1 aliphatic rings. The fourth-order valence-corrected chi connectivity index (χ4v) is 3.19. The van der Waals surface area contributed by atoms with E-state index in [1.165, 1.54) is 0 Å². The van der Waals surface area contributed by atoms with Crippen LogP contribution in [0.1, 0.15) is 12.8 Å². The van der Waals surface area contributed by atoms with Crippen LogP contribution in [0.5, 0.6) is 0 Å². The average molecular weight is 242 g/mol. The third kappa shape index (κ3) is 2.82. The molecular formula is C9H14N4O2S. The van der Waals surface area contributed by atoms with Crippen molar-refractivity contribution in [2.45, 2.75) is 18.9 Å². The summed E-state index contributed by atoms with van der Waals surface area (Å²) in [4.78, 5) is 7.80. The predicted octanol–water partition coefficient (Wildman–Crippen LogP) is 0.0479. The largest absolute Gasteiger partial charge is 0.368 e. The first-order chi connectivity index (χ1) is 7.55. The van der Waals surface area contributed by atoms with Gasteiger partial charge in [0.1, 0.15) is 15.7 Å². The van der Waals surface area contributed by atoms with Crippen LogP contribution in [0.15, 0.2) is 12.3 Å².